The molecular formula is C45H32N4O11S3. The molecule has 0 spiro atoms. The first-order valence-electron chi connectivity index (χ1n) is 18.8. The first-order valence-corrected chi connectivity index (χ1v) is 23.1. The molecule has 9 rings (SSSR count). The van der Waals surface area contributed by atoms with Gasteiger partial charge in [0.1, 0.15) is 20.3 Å². The fourth-order valence-corrected chi connectivity index (χ4v) is 10.2. The molecule has 1 aliphatic rings. The Balaban J connectivity index is 1.57. The highest BCUT2D eigenvalue weighted by molar-refractivity contribution is 7.86. The minimum Gasteiger partial charge on any atom is -0.478 e. The van der Waals surface area contributed by atoms with Crippen molar-refractivity contribution >= 4 is 58.6 Å². The van der Waals surface area contributed by atoms with Crippen LogP contribution >= 0.6 is 0 Å². The topological polar surface area (TPSA) is 264 Å². The van der Waals surface area contributed by atoms with Gasteiger partial charge in [0.15, 0.2) is 0 Å². The van der Waals surface area contributed by atoms with Crippen LogP contribution in [-0.4, -0.2) is 69.9 Å². The molecule has 63 heavy (non-hydrogen) atoms. The lowest BCUT2D eigenvalue weighted by atomic mass is 9.98. The molecule has 8 N–H and O–H groups in total. The monoisotopic (exact) mass is 900 g/mol. The van der Waals surface area contributed by atoms with E-state index >= 15 is 0 Å². The van der Waals surface area contributed by atoms with Crippen molar-refractivity contribution in [2.24, 2.45) is 0 Å². The number of aliphatic carboxylic acids is 1. The van der Waals surface area contributed by atoms with Crippen LogP contribution in [0.15, 0.2) is 160 Å². The third-order valence-corrected chi connectivity index (χ3v) is 13.3. The standard InChI is InChI=1S/C45H32N4O11S3/c50-45(51)43-34-22-18-30(46-34)40(25-10-2-1-3-11-25)36-24-29(26-12-4-7-15-37(26)61(52,53)54)44(49-36)42(28-14-6-9-17-39(28)63(58,59)60)33-21-19-31(47-33)41(32-20-23-35(43)48-32)27-13-5-8-16-38(27)62(55,56)57/h1-24,46-49H,(H,50,51)(H,52,53,54)(H,55,56,57)(H,58,59,60). The largest absolute Gasteiger partial charge is 0.478 e. The minimum absolute atomic E-state index is 0.00181. The van der Waals surface area contributed by atoms with Gasteiger partial charge in [-0.1, -0.05) is 84.9 Å². The number of carboxylic acid groups (broad SMARTS) is 1. The van der Waals surface area contributed by atoms with Gasteiger partial charge in [-0.15, -0.1) is 0 Å². The van der Waals surface area contributed by atoms with Crippen molar-refractivity contribution in [3.05, 3.63) is 206 Å². The van der Waals surface area contributed by atoms with Crippen LogP contribution in [0.5, 0.6) is 0 Å². The fraction of sp³-hybridized carbons (Fsp3) is 0. The van der Waals surface area contributed by atoms with Crippen LogP contribution in [0, 0.1) is 0 Å². The van der Waals surface area contributed by atoms with Gasteiger partial charge in [-0.05, 0) is 66.2 Å². The third-order valence-electron chi connectivity index (χ3n) is 10.6. The zero-order valence-corrected chi connectivity index (χ0v) is 34.7. The maximum atomic E-state index is 13.2. The number of carboxylic acids is 1. The summed E-state index contributed by atoms with van der Waals surface area (Å²) in [5, 5.41) is 11.4. The van der Waals surface area contributed by atoms with Gasteiger partial charge in [-0.25, -0.2) is 4.79 Å². The molecule has 8 bridgehead atoms. The average molecular weight is 901 g/mol. The summed E-state index contributed by atoms with van der Waals surface area (Å²) in [6.45, 7) is 0. The van der Waals surface area contributed by atoms with Crippen molar-refractivity contribution in [1.82, 2.24) is 19.9 Å². The average Bonchev–Trinajstić information content (AvgIpc) is 4.08. The van der Waals surface area contributed by atoms with E-state index in [1.807, 2.05) is 0 Å². The van der Waals surface area contributed by atoms with Crippen molar-refractivity contribution in [2.75, 3.05) is 0 Å². The summed E-state index contributed by atoms with van der Waals surface area (Å²) in [6, 6.07) is 36.7. The lowest BCUT2D eigenvalue weighted by molar-refractivity contribution is -0.130. The maximum absolute atomic E-state index is 13.2. The molecule has 5 heterocycles. The van der Waals surface area contributed by atoms with Crippen molar-refractivity contribution in [3.63, 3.8) is 0 Å². The number of nitrogens with one attached hydrogen (secondary N) is 4. The second-order valence-corrected chi connectivity index (χ2v) is 18.6. The Morgan fingerprint density at radius 2 is 0.841 bits per heavy atom. The quantitative estimate of drug-likeness (QED) is 0.102. The number of H-pyrrole nitrogens is 4. The number of fused-ring (bicyclic) bond motifs is 8. The highest BCUT2D eigenvalue weighted by Crippen LogP contribution is 2.33. The Labute approximate surface area is 358 Å². The van der Waals surface area contributed by atoms with Gasteiger partial charge >= 0.3 is 5.97 Å². The number of aromatic nitrogens is 4. The zero-order valence-electron chi connectivity index (χ0n) is 32.2. The van der Waals surface area contributed by atoms with Crippen LogP contribution in [0.25, 0.3) is 33.4 Å². The summed E-state index contributed by atoms with van der Waals surface area (Å²) in [4.78, 5) is 24.7. The molecule has 8 aromatic rings. The summed E-state index contributed by atoms with van der Waals surface area (Å²) >= 11 is 0. The highest BCUT2D eigenvalue weighted by Gasteiger charge is 2.27. The van der Waals surface area contributed by atoms with Gasteiger partial charge in [0.05, 0.1) is 16.4 Å². The molecule has 0 aliphatic carbocycles. The van der Waals surface area contributed by atoms with Crippen molar-refractivity contribution < 1.29 is 48.8 Å². The lowest BCUT2D eigenvalue weighted by Crippen LogP contribution is -2.21. The van der Waals surface area contributed by atoms with E-state index in [2.05, 4.69) is 19.9 Å². The molecule has 4 aromatic carbocycles. The van der Waals surface area contributed by atoms with Gasteiger partial charge in [-0.3, -0.25) is 13.7 Å². The van der Waals surface area contributed by atoms with Crippen LogP contribution in [0.3, 0.4) is 0 Å². The Morgan fingerprint density at radius 1 is 0.397 bits per heavy atom. The van der Waals surface area contributed by atoms with Gasteiger partial charge in [0.25, 0.3) is 30.4 Å². The van der Waals surface area contributed by atoms with Crippen molar-refractivity contribution in [2.45, 2.75) is 14.7 Å². The van der Waals surface area contributed by atoms with E-state index in [4.69, 9.17) is 0 Å². The highest BCUT2D eigenvalue weighted by atomic mass is 32.2. The van der Waals surface area contributed by atoms with Crippen LogP contribution in [0.4, 0.5) is 0 Å². The fourth-order valence-electron chi connectivity index (χ4n) is 8.06. The smallest absolute Gasteiger partial charge is 0.339 e. The molecule has 0 fully saturated rings. The van der Waals surface area contributed by atoms with E-state index in [0.29, 0.717) is 22.2 Å². The van der Waals surface area contributed by atoms with E-state index in [0.717, 1.165) is 0 Å². The Bertz CT molecular complexity index is 3810. The molecule has 1 aliphatic heterocycles. The van der Waals surface area contributed by atoms with E-state index in [9.17, 15) is 48.8 Å². The van der Waals surface area contributed by atoms with E-state index < -0.39 is 51.0 Å². The summed E-state index contributed by atoms with van der Waals surface area (Å²) in [6.07, 6.45) is 0. The van der Waals surface area contributed by atoms with E-state index in [1.54, 1.807) is 72.8 Å². The predicted molar refractivity (Wildman–Crippen MR) is 231 cm³/mol. The summed E-state index contributed by atoms with van der Waals surface area (Å²) < 4.78 is 110. The number of hydrogen-bond acceptors (Lipinski definition) is 7. The molecule has 0 amide bonds. The summed E-state index contributed by atoms with van der Waals surface area (Å²) in [5.74, 6) is -1.32. The second-order valence-electron chi connectivity index (χ2n) is 14.4. The first kappa shape index (κ1) is 41.1. The molecule has 0 saturated heterocycles. The number of aromatic amines is 4. The van der Waals surface area contributed by atoms with E-state index in [1.165, 1.54) is 72.8 Å². The van der Waals surface area contributed by atoms with Gasteiger partial charge in [0.2, 0.25) is 0 Å². The number of hydrogen-bond donors (Lipinski definition) is 8. The maximum Gasteiger partial charge on any atom is 0.339 e. The van der Waals surface area contributed by atoms with Crippen LogP contribution in [0.2, 0.25) is 0 Å². The van der Waals surface area contributed by atoms with Gasteiger partial charge < -0.3 is 25.0 Å². The Morgan fingerprint density at radius 3 is 1.41 bits per heavy atom. The van der Waals surface area contributed by atoms with Crippen molar-refractivity contribution in [3.8, 4) is 11.1 Å². The van der Waals surface area contributed by atoms with Crippen LogP contribution in [0.1, 0.15) is 39.5 Å². The molecule has 18 heteroatoms. The molecule has 316 valence electrons. The SMILES string of the molecule is O=C(O)C1=c2ccc([nH]2)=C(c2ccccc2S(=O)(=O)O)c2ccc([nH]2)C(c2ccccc2S(=O)(=O)O)=c2[nH]c(cc2-c2ccccc2S(=O)(=O)O)=C(c2ccccc2)c2ccc1[nH]2. The number of carbonyl (C=O) groups is 1. The molecule has 0 unspecified atom stereocenters. The molecular weight excluding hydrogens is 869 g/mol. The minimum atomic E-state index is -4.96. The summed E-state index contributed by atoms with van der Waals surface area (Å²) in [5.41, 5.74) is 2.08. The number of rotatable bonds is 8. The first-order chi connectivity index (χ1) is 30.0. The zero-order chi connectivity index (χ0) is 44.4. The predicted octanol–water partition coefficient (Wildman–Crippen LogP) is 3.75. The van der Waals surface area contributed by atoms with Crippen LogP contribution < -0.4 is 21.4 Å². The molecule has 4 aromatic heterocycles. The molecule has 0 atom stereocenters. The Kier molecular flexibility index (Phi) is 9.93. The van der Waals surface area contributed by atoms with Gasteiger partial charge in [0, 0.05) is 66.8 Å². The lowest BCUT2D eigenvalue weighted by Gasteiger charge is -2.13. The molecule has 0 radical (unpaired) electrons. The van der Waals surface area contributed by atoms with Gasteiger partial charge in [-0.2, -0.15) is 25.3 Å². The Hall–Kier alpha value is -7.32. The van der Waals surface area contributed by atoms with E-state index in [-0.39, 0.29) is 72.1 Å². The molecule has 15 nitrogen and oxygen atoms in total. The summed E-state index contributed by atoms with van der Waals surface area (Å²) in [7, 11) is -14.7. The normalized spacial score (nSPS) is 13.4. The third kappa shape index (κ3) is 7.45. The second kappa shape index (κ2) is 15.2. The van der Waals surface area contributed by atoms with Crippen molar-refractivity contribution in [1.29, 1.82) is 0 Å². The molecule has 0 saturated carbocycles. The van der Waals surface area contributed by atoms with Crippen LogP contribution in [-0.2, 0) is 35.1 Å². The number of benzene rings is 4.